The molecule has 1 aromatic carbocycles. The maximum atomic E-state index is 11.6. The van der Waals surface area contributed by atoms with Crippen LogP contribution < -0.4 is 5.32 Å². The summed E-state index contributed by atoms with van der Waals surface area (Å²) in [6.07, 6.45) is 0. The number of alkyl halides is 1. The monoisotopic (exact) mass is 260 g/mol. The van der Waals surface area contributed by atoms with Crippen molar-refractivity contribution >= 4 is 27.1 Å². The second-order valence-corrected chi connectivity index (χ2v) is 6.45. The van der Waals surface area contributed by atoms with Crippen molar-refractivity contribution in [3.63, 3.8) is 0 Å². The van der Waals surface area contributed by atoms with Crippen molar-refractivity contribution in [3.8, 4) is 0 Å². The highest BCUT2D eigenvalue weighted by Crippen LogP contribution is 2.08. The van der Waals surface area contributed by atoms with Crippen LogP contribution >= 0.6 is 11.6 Å². The number of halogens is 1. The van der Waals surface area contributed by atoms with Crippen LogP contribution in [0.2, 0.25) is 0 Å². The first-order valence-electron chi connectivity index (χ1n) is 5.04. The number of hydrogen-bond donors (Lipinski definition) is 1. The van der Waals surface area contributed by atoms with E-state index in [1.807, 2.05) is 12.1 Å². The molecule has 1 aromatic rings. The van der Waals surface area contributed by atoms with E-state index in [4.69, 9.17) is 11.6 Å². The highest BCUT2D eigenvalue weighted by Gasteiger charge is 2.19. The Morgan fingerprint density at radius 1 is 1.44 bits per heavy atom. The second kappa shape index (κ2) is 6.11. The molecule has 0 aliphatic rings. The summed E-state index contributed by atoms with van der Waals surface area (Å²) in [5, 5.41) is 2.63. The lowest BCUT2D eigenvalue weighted by Gasteiger charge is -2.13. The summed E-state index contributed by atoms with van der Waals surface area (Å²) in [6, 6.07) is 10.1. The van der Waals surface area contributed by atoms with Gasteiger partial charge in [0.1, 0.15) is 0 Å². The van der Waals surface area contributed by atoms with Gasteiger partial charge in [0.25, 0.3) is 0 Å². The Morgan fingerprint density at radius 2 is 2.06 bits per heavy atom. The van der Waals surface area contributed by atoms with Gasteiger partial charge in [-0.1, -0.05) is 12.1 Å². The van der Waals surface area contributed by atoms with Gasteiger partial charge in [0.2, 0.25) is 0 Å². The fraction of sp³-hybridized carbons (Fsp3) is 0.455. The van der Waals surface area contributed by atoms with Crippen molar-refractivity contribution < 1.29 is 8.42 Å². The number of benzene rings is 1. The van der Waals surface area contributed by atoms with Gasteiger partial charge < -0.3 is 5.32 Å². The number of rotatable bonds is 6. The maximum absolute atomic E-state index is 11.6. The van der Waals surface area contributed by atoms with E-state index < -0.39 is 15.1 Å². The molecule has 0 heterocycles. The molecule has 0 aromatic heterocycles. The fourth-order valence-electron chi connectivity index (χ4n) is 1.20. The summed E-state index contributed by atoms with van der Waals surface area (Å²) in [6.45, 7) is 2.08. The Labute approximate surface area is 102 Å². The number of anilines is 1. The number of hydrogen-bond acceptors (Lipinski definition) is 3. The molecule has 1 unspecified atom stereocenters. The Hall–Kier alpha value is -0.740. The Balaban J connectivity index is 2.50. The summed E-state index contributed by atoms with van der Waals surface area (Å²) < 4.78 is 23.2. The molecular weight excluding hydrogens is 246 g/mol. The van der Waals surface area contributed by atoms with Crippen LogP contribution in [0.5, 0.6) is 0 Å². The molecule has 3 nitrogen and oxygen atoms in total. The number of sulfone groups is 1. The van der Waals surface area contributed by atoms with E-state index in [0.29, 0.717) is 6.54 Å². The largest absolute Gasteiger partial charge is 0.384 e. The van der Waals surface area contributed by atoms with Gasteiger partial charge >= 0.3 is 0 Å². The van der Waals surface area contributed by atoms with Gasteiger partial charge in [-0.3, -0.25) is 0 Å². The van der Waals surface area contributed by atoms with E-state index in [0.717, 1.165) is 5.69 Å². The lowest BCUT2D eigenvalue weighted by Crippen LogP contribution is -2.28. The van der Waals surface area contributed by atoms with E-state index in [9.17, 15) is 8.42 Å². The minimum atomic E-state index is -3.08. The first-order valence-corrected chi connectivity index (χ1v) is 7.29. The van der Waals surface area contributed by atoms with Crippen molar-refractivity contribution in [2.45, 2.75) is 12.2 Å². The van der Waals surface area contributed by atoms with Crippen LogP contribution in [0, 0.1) is 6.07 Å². The summed E-state index contributed by atoms with van der Waals surface area (Å²) in [7, 11) is -3.08. The van der Waals surface area contributed by atoms with Crippen molar-refractivity contribution in [2.75, 3.05) is 23.5 Å². The minimum Gasteiger partial charge on any atom is -0.384 e. The summed E-state index contributed by atoms with van der Waals surface area (Å²) >= 11 is 5.44. The summed E-state index contributed by atoms with van der Waals surface area (Å²) in [5.41, 5.74) is 0.895. The zero-order chi connectivity index (χ0) is 12.0. The molecule has 0 bridgehead atoms. The lowest BCUT2D eigenvalue weighted by molar-refractivity contribution is 0.587. The molecule has 0 saturated heterocycles. The molecule has 1 atom stereocenters. The average Bonchev–Trinajstić information content (AvgIpc) is 2.27. The van der Waals surface area contributed by atoms with Gasteiger partial charge in [0.05, 0.1) is 11.0 Å². The first kappa shape index (κ1) is 13.3. The molecule has 0 amide bonds. The van der Waals surface area contributed by atoms with Crippen LogP contribution in [0.3, 0.4) is 0 Å². The molecule has 89 valence electrons. The molecule has 0 saturated carbocycles. The van der Waals surface area contributed by atoms with Crippen molar-refractivity contribution in [1.29, 1.82) is 0 Å². The second-order valence-electron chi connectivity index (χ2n) is 3.54. The maximum Gasteiger partial charge on any atom is 0.155 e. The van der Waals surface area contributed by atoms with Crippen molar-refractivity contribution in [2.24, 2.45) is 0 Å². The quantitative estimate of drug-likeness (QED) is 0.795. The average molecular weight is 261 g/mol. The van der Waals surface area contributed by atoms with Crippen LogP contribution in [-0.4, -0.2) is 31.8 Å². The normalized spacial score (nSPS) is 13.4. The molecule has 0 aliphatic carbocycles. The Bertz CT molecular complexity index is 405. The Kier molecular flexibility index (Phi) is 5.09. The standard InChI is InChI=1S/C11H15ClNO2S/c1-10(16(14,15)8-7-12)9-13-11-5-3-2-4-6-11/h3-6,10,13H,7-9H2,1H3. The topological polar surface area (TPSA) is 46.2 Å². The van der Waals surface area contributed by atoms with Gasteiger partial charge in [-0.05, 0) is 25.1 Å². The molecule has 16 heavy (non-hydrogen) atoms. The van der Waals surface area contributed by atoms with Gasteiger partial charge in [-0.15, -0.1) is 11.6 Å². The van der Waals surface area contributed by atoms with Crippen LogP contribution in [0.4, 0.5) is 5.69 Å². The van der Waals surface area contributed by atoms with E-state index >= 15 is 0 Å². The summed E-state index contributed by atoms with van der Waals surface area (Å²) in [5.74, 6) is 0.174. The van der Waals surface area contributed by atoms with Gasteiger partial charge in [0, 0.05) is 18.1 Å². The predicted octanol–water partition coefficient (Wildman–Crippen LogP) is 1.94. The third-order valence-electron chi connectivity index (χ3n) is 2.29. The van der Waals surface area contributed by atoms with Crippen LogP contribution in [-0.2, 0) is 9.84 Å². The minimum absolute atomic E-state index is 0.0277. The van der Waals surface area contributed by atoms with Crippen LogP contribution in [0.1, 0.15) is 6.92 Å². The molecule has 0 aliphatic heterocycles. The molecule has 1 radical (unpaired) electrons. The van der Waals surface area contributed by atoms with Gasteiger partial charge in [-0.2, -0.15) is 0 Å². The van der Waals surface area contributed by atoms with E-state index in [2.05, 4.69) is 11.4 Å². The fourth-order valence-corrected chi connectivity index (χ4v) is 2.80. The predicted molar refractivity (Wildman–Crippen MR) is 67.7 cm³/mol. The molecule has 1 N–H and O–H groups in total. The highest BCUT2D eigenvalue weighted by molar-refractivity contribution is 7.92. The SMILES string of the molecule is CC(CNc1cc[c]cc1)S(=O)(=O)CCCl. The molecular formula is C11H15ClNO2S. The third-order valence-corrected chi connectivity index (χ3v) is 4.87. The molecule has 0 spiro atoms. The molecule has 5 heteroatoms. The molecule has 0 fully saturated rings. The van der Waals surface area contributed by atoms with Gasteiger partial charge in [-0.25, -0.2) is 8.42 Å². The van der Waals surface area contributed by atoms with E-state index in [1.54, 1.807) is 19.1 Å². The van der Waals surface area contributed by atoms with Gasteiger partial charge in [0.15, 0.2) is 9.84 Å². The number of nitrogens with one attached hydrogen (secondary N) is 1. The highest BCUT2D eigenvalue weighted by atomic mass is 35.5. The Morgan fingerprint density at radius 3 is 2.62 bits per heavy atom. The van der Waals surface area contributed by atoms with E-state index in [-0.39, 0.29) is 11.6 Å². The van der Waals surface area contributed by atoms with Crippen LogP contribution in [0.25, 0.3) is 0 Å². The zero-order valence-electron chi connectivity index (χ0n) is 9.11. The third kappa shape index (κ3) is 4.02. The van der Waals surface area contributed by atoms with Crippen molar-refractivity contribution in [3.05, 3.63) is 30.3 Å². The summed E-state index contributed by atoms with van der Waals surface area (Å²) in [4.78, 5) is 0. The zero-order valence-corrected chi connectivity index (χ0v) is 10.7. The smallest absolute Gasteiger partial charge is 0.155 e. The first-order chi connectivity index (χ1) is 7.56. The van der Waals surface area contributed by atoms with E-state index in [1.165, 1.54) is 0 Å². The molecule has 1 rings (SSSR count). The van der Waals surface area contributed by atoms with Crippen LogP contribution in [0.15, 0.2) is 24.3 Å². The van der Waals surface area contributed by atoms with Crippen molar-refractivity contribution in [1.82, 2.24) is 0 Å². The lowest BCUT2D eigenvalue weighted by atomic mass is 10.3.